The van der Waals surface area contributed by atoms with E-state index >= 15 is 0 Å². The molecule has 0 spiro atoms. The Bertz CT molecular complexity index is 578. The molecule has 0 radical (unpaired) electrons. The van der Waals surface area contributed by atoms with Crippen molar-refractivity contribution < 1.29 is 13.9 Å². The van der Waals surface area contributed by atoms with Crippen LogP contribution in [0.4, 0.5) is 0 Å². The molecule has 0 aliphatic rings. The van der Waals surface area contributed by atoms with Crippen LogP contribution in [0.5, 0.6) is 5.75 Å². The van der Waals surface area contributed by atoms with Crippen molar-refractivity contribution in [3.05, 3.63) is 23.6 Å². The van der Waals surface area contributed by atoms with E-state index in [4.69, 9.17) is 13.9 Å². The Balaban J connectivity index is 2.13. The Morgan fingerprint density at radius 3 is 2.81 bits per heavy atom. The second kappa shape index (κ2) is 7.43. The third-order valence-electron chi connectivity index (χ3n) is 3.20. The van der Waals surface area contributed by atoms with E-state index in [9.17, 15) is 0 Å². The number of benzene rings is 1. The van der Waals surface area contributed by atoms with Crippen LogP contribution in [-0.4, -0.2) is 31.9 Å². The lowest BCUT2D eigenvalue weighted by atomic mass is 10.2. The number of nitrogens with zero attached hydrogens (tertiary/aromatic N) is 1. The van der Waals surface area contributed by atoms with Crippen LogP contribution < -0.4 is 10.1 Å². The van der Waals surface area contributed by atoms with Gasteiger partial charge in [0, 0.05) is 25.6 Å². The number of aromatic nitrogens is 1. The van der Waals surface area contributed by atoms with Gasteiger partial charge < -0.3 is 19.2 Å². The summed E-state index contributed by atoms with van der Waals surface area (Å²) in [5.41, 5.74) is 2.69. The fraction of sp³-hybridized carbons (Fsp3) is 0.562. The quantitative estimate of drug-likeness (QED) is 0.758. The van der Waals surface area contributed by atoms with Gasteiger partial charge in [0.05, 0.1) is 13.7 Å². The molecule has 0 aliphatic heterocycles. The summed E-state index contributed by atoms with van der Waals surface area (Å²) < 4.78 is 16.5. The highest BCUT2D eigenvalue weighted by Gasteiger charge is 2.14. The Labute approximate surface area is 125 Å². The first-order valence-electron chi connectivity index (χ1n) is 7.41. The molecule has 0 saturated heterocycles. The van der Waals surface area contributed by atoms with Crippen LogP contribution in [-0.2, 0) is 11.3 Å². The number of rotatable bonds is 8. The summed E-state index contributed by atoms with van der Waals surface area (Å²) in [6.45, 7) is 9.17. The van der Waals surface area contributed by atoms with Crippen LogP contribution in [0.1, 0.15) is 38.1 Å². The molecule has 0 amide bonds. The van der Waals surface area contributed by atoms with Gasteiger partial charge in [-0.1, -0.05) is 13.8 Å². The summed E-state index contributed by atoms with van der Waals surface area (Å²) in [5, 5.41) is 3.34. The van der Waals surface area contributed by atoms with Crippen molar-refractivity contribution in [3.63, 3.8) is 0 Å². The van der Waals surface area contributed by atoms with Crippen molar-refractivity contribution in [1.82, 2.24) is 10.3 Å². The van der Waals surface area contributed by atoms with Crippen molar-refractivity contribution in [2.75, 3.05) is 26.9 Å². The second-order valence-corrected chi connectivity index (χ2v) is 5.23. The maximum atomic E-state index is 5.79. The molecule has 2 aromatic rings. The third-order valence-corrected chi connectivity index (χ3v) is 3.20. The Morgan fingerprint density at radius 2 is 2.14 bits per heavy atom. The molecule has 1 aromatic carbocycles. The predicted molar refractivity (Wildman–Crippen MR) is 82.8 cm³/mol. The van der Waals surface area contributed by atoms with E-state index in [1.165, 1.54) is 0 Å². The van der Waals surface area contributed by atoms with Gasteiger partial charge in [0.25, 0.3) is 0 Å². The topological polar surface area (TPSA) is 56.5 Å². The molecular formula is C16H24N2O3. The lowest BCUT2D eigenvalue weighted by Crippen LogP contribution is -2.19. The number of fused-ring (bicyclic) bond motifs is 1. The molecule has 2 rings (SSSR count). The molecule has 5 nitrogen and oxygen atoms in total. The van der Waals surface area contributed by atoms with E-state index in [0.717, 1.165) is 54.6 Å². The van der Waals surface area contributed by atoms with Gasteiger partial charge in [0.2, 0.25) is 0 Å². The van der Waals surface area contributed by atoms with Crippen LogP contribution >= 0.6 is 0 Å². The smallest absolute Gasteiger partial charge is 0.198 e. The van der Waals surface area contributed by atoms with Gasteiger partial charge >= 0.3 is 0 Å². The summed E-state index contributed by atoms with van der Waals surface area (Å²) in [6.07, 6.45) is 0. The molecule has 1 N–H and O–H groups in total. The standard InChI is InChI=1S/C16H24N2O3/c1-5-20-7-6-17-10-12-8-13-15(14(9-12)19-4)21-16(18-13)11(2)3/h8-9,11,17H,5-7,10H2,1-4H3. The zero-order valence-corrected chi connectivity index (χ0v) is 13.2. The third kappa shape index (κ3) is 3.95. The van der Waals surface area contributed by atoms with Crippen LogP contribution in [0.3, 0.4) is 0 Å². The van der Waals surface area contributed by atoms with Gasteiger partial charge in [-0.3, -0.25) is 0 Å². The van der Waals surface area contributed by atoms with E-state index in [-0.39, 0.29) is 5.92 Å². The van der Waals surface area contributed by atoms with Gasteiger partial charge in [-0.25, -0.2) is 4.98 Å². The van der Waals surface area contributed by atoms with Gasteiger partial charge in [-0.2, -0.15) is 0 Å². The van der Waals surface area contributed by atoms with E-state index in [1.807, 2.05) is 19.1 Å². The molecular weight excluding hydrogens is 268 g/mol. The van der Waals surface area contributed by atoms with Gasteiger partial charge in [0.15, 0.2) is 17.2 Å². The average molecular weight is 292 g/mol. The molecule has 5 heteroatoms. The summed E-state index contributed by atoms with van der Waals surface area (Å²) in [6, 6.07) is 4.03. The Hall–Kier alpha value is -1.59. The first-order valence-corrected chi connectivity index (χ1v) is 7.41. The van der Waals surface area contributed by atoms with Crippen LogP contribution in [0.25, 0.3) is 11.1 Å². The molecule has 0 aliphatic carbocycles. The molecule has 1 aromatic heterocycles. The number of nitrogens with one attached hydrogen (secondary N) is 1. The van der Waals surface area contributed by atoms with E-state index in [2.05, 4.69) is 24.1 Å². The minimum Gasteiger partial charge on any atom is -0.493 e. The maximum absolute atomic E-state index is 5.79. The number of hydrogen-bond acceptors (Lipinski definition) is 5. The van der Waals surface area contributed by atoms with Gasteiger partial charge in [-0.05, 0) is 24.6 Å². The highest BCUT2D eigenvalue weighted by Crippen LogP contribution is 2.30. The highest BCUT2D eigenvalue weighted by atomic mass is 16.5. The largest absolute Gasteiger partial charge is 0.493 e. The molecule has 116 valence electrons. The van der Waals surface area contributed by atoms with E-state index < -0.39 is 0 Å². The molecule has 0 bridgehead atoms. The molecule has 21 heavy (non-hydrogen) atoms. The van der Waals surface area contributed by atoms with Crippen molar-refractivity contribution in [2.24, 2.45) is 0 Å². The van der Waals surface area contributed by atoms with Crippen LogP contribution in [0.2, 0.25) is 0 Å². The summed E-state index contributed by atoms with van der Waals surface area (Å²) in [7, 11) is 1.65. The summed E-state index contributed by atoms with van der Waals surface area (Å²) in [4.78, 5) is 4.54. The zero-order chi connectivity index (χ0) is 15.2. The molecule has 0 unspecified atom stereocenters. The fourth-order valence-electron chi connectivity index (χ4n) is 2.10. The SMILES string of the molecule is CCOCCNCc1cc(OC)c2oc(C(C)C)nc2c1. The summed E-state index contributed by atoms with van der Waals surface area (Å²) in [5.74, 6) is 1.73. The highest BCUT2D eigenvalue weighted by molar-refractivity contribution is 5.80. The normalized spacial score (nSPS) is 11.5. The maximum Gasteiger partial charge on any atom is 0.198 e. The summed E-state index contributed by atoms with van der Waals surface area (Å²) >= 11 is 0. The van der Waals surface area contributed by atoms with Crippen LogP contribution in [0, 0.1) is 0 Å². The molecule has 0 saturated carbocycles. The zero-order valence-electron chi connectivity index (χ0n) is 13.2. The van der Waals surface area contributed by atoms with Crippen molar-refractivity contribution in [3.8, 4) is 5.75 Å². The van der Waals surface area contributed by atoms with E-state index in [0.29, 0.717) is 0 Å². The molecule has 0 atom stereocenters. The number of ether oxygens (including phenoxy) is 2. The van der Waals surface area contributed by atoms with Crippen molar-refractivity contribution in [1.29, 1.82) is 0 Å². The first-order chi connectivity index (χ1) is 10.2. The number of oxazole rings is 1. The fourth-order valence-corrected chi connectivity index (χ4v) is 2.10. The lowest BCUT2D eigenvalue weighted by molar-refractivity contribution is 0.149. The van der Waals surface area contributed by atoms with Crippen molar-refractivity contribution >= 4 is 11.1 Å². The van der Waals surface area contributed by atoms with Crippen molar-refractivity contribution in [2.45, 2.75) is 33.2 Å². The second-order valence-electron chi connectivity index (χ2n) is 5.23. The average Bonchev–Trinajstić information content (AvgIpc) is 2.90. The van der Waals surface area contributed by atoms with Crippen LogP contribution in [0.15, 0.2) is 16.5 Å². The lowest BCUT2D eigenvalue weighted by Gasteiger charge is -2.07. The number of methoxy groups -OCH3 is 1. The van der Waals surface area contributed by atoms with Gasteiger partial charge in [0.1, 0.15) is 5.52 Å². The molecule has 1 heterocycles. The minimum absolute atomic E-state index is 0.259. The molecule has 0 fully saturated rings. The monoisotopic (exact) mass is 292 g/mol. The Morgan fingerprint density at radius 1 is 1.33 bits per heavy atom. The number of hydrogen-bond donors (Lipinski definition) is 1. The minimum atomic E-state index is 0.259. The first kappa shape index (κ1) is 15.8. The Kier molecular flexibility index (Phi) is 5.59. The van der Waals surface area contributed by atoms with E-state index in [1.54, 1.807) is 7.11 Å². The predicted octanol–water partition coefficient (Wildman–Crippen LogP) is 3.09. The van der Waals surface area contributed by atoms with Gasteiger partial charge in [-0.15, -0.1) is 0 Å².